The molecule has 1 aliphatic rings. The maximum atomic E-state index is 12.1. The molecule has 1 unspecified atom stereocenters. The average molecular weight is 394 g/mol. The van der Waals surface area contributed by atoms with E-state index in [4.69, 9.17) is 9.47 Å². The molecule has 0 fully saturated rings. The molecule has 2 N–H and O–H groups in total. The average Bonchev–Trinajstić information content (AvgIpc) is 3.14. The number of H-pyrrole nitrogens is 1. The van der Waals surface area contributed by atoms with Crippen molar-refractivity contribution in [1.82, 2.24) is 9.88 Å². The minimum Gasteiger partial charge on any atom is -0.493 e. The highest BCUT2D eigenvalue weighted by Crippen LogP contribution is 2.44. The van der Waals surface area contributed by atoms with Crippen LogP contribution in [0.4, 0.5) is 4.79 Å². The van der Waals surface area contributed by atoms with Crippen LogP contribution in [0.25, 0.3) is 10.9 Å². The second kappa shape index (κ2) is 7.35. The van der Waals surface area contributed by atoms with Crippen molar-refractivity contribution in [3.8, 4) is 11.5 Å². The molecule has 3 aromatic rings. The summed E-state index contributed by atoms with van der Waals surface area (Å²) in [6, 6.07) is 12.1. The van der Waals surface area contributed by atoms with Gasteiger partial charge in [-0.05, 0) is 61.1 Å². The molecule has 29 heavy (non-hydrogen) atoms. The number of hydrogen-bond donors (Lipinski definition) is 2. The van der Waals surface area contributed by atoms with Gasteiger partial charge in [0.2, 0.25) is 0 Å². The third kappa shape index (κ3) is 3.18. The van der Waals surface area contributed by atoms with Gasteiger partial charge in [0.1, 0.15) is 0 Å². The maximum absolute atomic E-state index is 12.1. The number of nitrogens with one attached hydrogen (secondary N) is 1. The van der Waals surface area contributed by atoms with Crippen LogP contribution in [0.2, 0.25) is 0 Å². The molecule has 0 saturated heterocycles. The van der Waals surface area contributed by atoms with E-state index in [9.17, 15) is 9.90 Å². The molecule has 1 aliphatic heterocycles. The summed E-state index contributed by atoms with van der Waals surface area (Å²) in [5.41, 5.74) is 3.74. The molecule has 0 radical (unpaired) electrons. The Hall–Kier alpha value is -3.15. The Bertz CT molecular complexity index is 1060. The standard InChI is InChI=1S/C23H26N2O4/c1-23(10-8-16-14-24-19-7-5-4-6-17(16)19)18-13-21(29-3)20(28-2)12-15(18)9-11-25(23)22(26)27/h4-7,12-14,24H,8-11H2,1-3H3,(H,26,27). The van der Waals surface area contributed by atoms with E-state index in [1.807, 2.05) is 37.4 Å². The molecular weight excluding hydrogens is 368 g/mol. The Morgan fingerprint density at radius 3 is 2.66 bits per heavy atom. The van der Waals surface area contributed by atoms with Gasteiger partial charge in [0.25, 0.3) is 0 Å². The molecule has 0 aliphatic carbocycles. The molecule has 2 heterocycles. The molecule has 1 amide bonds. The summed E-state index contributed by atoms with van der Waals surface area (Å²) < 4.78 is 11.0. The summed E-state index contributed by atoms with van der Waals surface area (Å²) in [6.45, 7) is 2.47. The van der Waals surface area contributed by atoms with Gasteiger partial charge in [-0.3, -0.25) is 4.90 Å². The second-order valence-corrected chi connectivity index (χ2v) is 7.68. The van der Waals surface area contributed by atoms with E-state index in [0.29, 0.717) is 30.9 Å². The largest absolute Gasteiger partial charge is 0.493 e. The van der Waals surface area contributed by atoms with Gasteiger partial charge in [0.05, 0.1) is 19.8 Å². The number of aromatic amines is 1. The first-order chi connectivity index (χ1) is 14.0. The van der Waals surface area contributed by atoms with E-state index in [1.165, 1.54) is 10.9 Å². The molecule has 0 spiro atoms. The van der Waals surface area contributed by atoms with E-state index in [2.05, 4.69) is 17.1 Å². The number of nitrogens with zero attached hydrogens (tertiary/aromatic N) is 1. The number of para-hydroxylation sites is 1. The normalized spacial score (nSPS) is 18.5. The van der Waals surface area contributed by atoms with Gasteiger partial charge >= 0.3 is 6.09 Å². The number of carboxylic acid groups (broad SMARTS) is 1. The SMILES string of the molecule is COc1cc2c(cc1OC)C(C)(CCc1c[nH]c3ccccc13)N(C(=O)O)CC2. The Kier molecular flexibility index (Phi) is 4.86. The van der Waals surface area contributed by atoms with Crippen LogP contribution in [0, 0.1) is 0 Å². The first kappa shape index (κ1) is 19.2. The van der Waals surface area contributed by atoms with E-state index in [-0.39, 0.29) is 0 Å². The van der Waals surface area contributed by atoms with Crippen LogP contribution in [-0.2, 0) is 18.4 Å². The van der Waals surface area contributed by atoms with Crippen molar-refractivity contribution in [1.29, 1.82) is 0 Å². The predicted octanol–water partition coefficient (Wildman–Crippen LogP) is 4.57. The fourth-order valence-corrected chi connectivity index (χ4v) is 4.55. The molecule has 6 nitrogen and oxygen atoms in total. The van der Waals surface area contributed by atoms with Crippen LogP contribution in [-0.4, -0.2) is 41.8 Å². The molecule has 4 rings (SSSR count). The van der Waals surface area contributed by atoms with Crippen LogP contribution in [0.15, 0.2) is 42.6 Å². The maximum Gasteiger partial charge on any atom is 0.408 e. The number of ether oxygens (including phenoxy) is 2. The Labute approximate surface area is 170 Å². The Morgan fingerprint density at radius 2 is 1.93 bits per heavy atom. The van der Waals surface area contributed by atoms with Gasteiger partial charge < -0.3 is 19.6 Å². The summed E-state index contributed by atoms with van der Waals surface area (Å²) in [5.74, 6) is 1.30. The summed E-state index contributed by atoms with van der Waals surface area (Å²) in [5, 5.41) is 11.1. The molecule has 1 atom stereocenters. The fraction of sp³-hybridized carbons (Fsp3) is 0.348. The lowest BCUT2D eigenvalue weighted by molar-refractivity contribution is 0.0700. The first-order valence-electron chi connectivity index (χ1n) is 9.79. The number of fused-ring (bicyclic) bond motifs is 2. The number of rotatable bonds is 5. The lowest BCUT2D eigenvalue weighted by Gasteiger charge is -2.45. The number of benzene rings is 2. The molecule has 2 aromatic carbocycles. The zero-order valence-corrected chi connectivity index (χ0v) is 17.0. The monoisotopic (exact) mass is 394 g/mol. The highest BCUT2D eigenvalue weighted by atomic mass is 16.5. The van der Waals surface area contributed by atoms with E-state index >= 15 is 0 Å². The molecule has 0 bridgehead atoms. The summed E-state index contributed by atoms with van der Waals surface area (Å²) in [4.78, 5) is 17.0. The van der Waals surface area contributed by atoms with Crippen LogP contribution in [0.3, 0.4) is 0 Å². The number of aryl methyl sites for hydroxylation is 1. The van der Waals surface area contributed by atoms with Gasteiger partial charge in [0.15, 0.2) is 11.5 Å². The van der Waals surface area contributed by atoms with Gasteiger partial charge in [-0.15, -0.1) is 0 Å². The number of aromatic nitrogens is 1. The number of methoxy groups -OCH3 is 2. The molecule has 6 heteroatoms. The highest BCUT2D eigenvalue weighted by Gasteiger charge is 2.42. The quantitative estimate of drug-likeness (QED) is 0.665. The van der Waals surface area contributed by atoms with E-state index in [0.717, 1.165) is 23.1 Å². The number of amides is 1. The molecule has 1 aromatic heterocycles. The molecule has 0 saturated carbocycles. The van der Waals surface area contributed by atoms with Crippen LogP contribution < -0.4 is 9.47 Å². The fourth-order valence-electron chi connectivity index (χ4n) is 4.55. The zero-order valence-electron chi connectivity index (χ0n) is 17.0. The van der Waals surface area contributed by atoms with E-state index < -0.39 is 11.6 Å². The highest BCUT2D eigenvalue weighted by molar-refractivity contribution is 5.83. The van der Waals surface area contributed by atoms with Crippen LogP contribution in [0.1, 0.15) is 30.0 Å². The van der Waals surface area contributed by atoms with Crippen LogP contribution in [0.5, 0.6) is 11.5 Å². The van der Waals surface area contributed by atoms with Crippen molar-refractivity contribution in [3.05, 3.63) is 59.3 Å². The van der Waals surface area contributed by atoms with Crippen LogP contribution >= 0.6 is 0 Å². The van der Waals surface area contributed by atoms with Crippen molar-refractivity contribution < 1.29 is 19.4 Å². The predicted molar refractivity (Wildman–Crippen MR) is 112 cm³/mol. The summed E-state index contributed by atoms with van der Waals surface area (Å²) in [7, 11) is 3.22. The third-order valence-corrected chi connectivity index (χ3v) is 6.18. The lowest BCUT2D eigenvalue weighted by Crippen LogP contribution is -2.51. The van der Waals surface area contributed by atoms with Crippen molar-refractivity contribution in [2.45, 2.75) is 31.7 Å². The number of carbonyl (C=O) groups is 1. The topological polar surface area (TPSA) is 74.8 Å². The molecular formula is C23H26N2O4. The van der Waals surface area contributed by atoms with Gasteiger partial charge in [0, 0.05) is 23.6 Å². The van der Waals surface area contributed by atoms with Crippen molar-refractivity contribution in [2.24, 2.45) is 0 Å². The smallest absolute Gasteiger partial charge is 0.408 e. The van der Waals surface area contributed by atoms with Gasteiger partial charge in [-0.1, -0.05) is 18.2 Å². The van der Waals surface area contributed by atoms with Crippen molar-refractivity contribution in [3.63, 3.8) is 0 Å². The Balaban J connectivity index is 1.75. The molecule has 152 valence electrons. The first-order valence-corrected chi connectivity index (χ1v) is 9.79. The summed E-state index contributed by atoms with van der Waals surface area (Å²) in [6.07, 6.45) is 3.22. The minimum absolute atomic E-state index is 0.461. The zero-order chi connectivity index (χ0) is 20.6. The second-order valence-electron chi connectivity index (χ2n) is 7.68. The third-order valence-electron chi connectivity index (χ3n) is 6.18. The minimum atomic E-state index is -0.896. The number of hydrogen-bond acceptors (Lipinski definition) is 3. The van der Waals surface area contributed by atoms with Gasteiger partial charge in [-0.25, -0.2) is 4.79 Å². The van der Waals surface area contributed by atoms with E-state index in [1.54, 1.807) is 19.1 Å². The summed E-state index contributed by atoms with van der Waals surface area (Å²) >= 11 is 0. The lowest BCUT2D eigenvalue weighted by atomic mass is 9.78. The van der Waals surface area contributed by atoms with Crippen molar-refractivity contribution in [2.75, 3.05) is 20.8 Å². The van der Waals surface area contributed by atoms with Crippen molar-refractivity contribution >= 4 is 17.0 Å². The van der Waals surface area contributed by atoms with Gasteiger partial charge in [-0.2, -0.15) is 0 Å². The Morgan fingerprint density at radius 1 is 1.21 bits per heavy atom.